The van der Waals surface area contributed by atoms with Crippen molar-refractivity contribution >= 4 is 6.08 Å². The SMILES string of the molecule is CC.Cc1coc2c1C=CCC2C. The first-order valence-electron chi connectivity index (χ1n) is 5.03. The van der Waals surface area contributed by atoms with E-state index in [9.17, 15) is 0 Å². The first-order chi connectivity index (χ1) is 6.29. The van der Waals surface area contributed by atoms with E-state index in [1.54, 1.807) is 0 Å². The highest BCUT2D eigenvalue weighted by atomic mass is 16.3. The minimum absolute atomic E-state index is 0.559. The molecule has 1 heterocycles. The zero-order chi connectivity index (χ0) is 9.84. The third kappa shape index (κ3) is 1.85. The lowest BCUT2D eigenvalue weighted by Crippen LogP contribution is -1.96. The van der Waals surface area contributed by atoms with Crippen molar-refractivity contribution in [3.8, 4) is 0 Å². The highest BCUT2D eigenvalue weighted by molar-refractivity contribution is 5.58. The summed E-state index contributed by atoms with van der Waals surface area (Å²) in [5, 5.41) is 0. The molecule has 2 rings (SSSR count). The van der Waals surface area contributed by atoms with Crippen molar-refractivity contribution in [2.75, 3.05) is 0 Å². The Morgan fingerprint density at radius 3 is 2.69 bits per heavy atom. The van der Waals surface area contributed by atoms with E-state index in [2.05, 4.69) is 26.0 Å². The standard InChI is InChI=1S/C10H12O.C2H6/c1-7-4-3-5-9-8(2)6-11-10(7)9;1-2/h3,5-7H,4H2,1-2H3;1-2H3. The van der Waals surface area contributed by atoms with Crippen LogP contribution in [0.5, 0.6) is 0 Å². The third-order valence-corrected chi connectivity index (χ3v) is 2.27. The molecular formula is C12H18O. The second-order valence-electron chi connectivity index (χ2n) is 3.24. The molecule has 13 heavy (non-hydrogen) atoms. The number of fused-ring (bicyclic) bond motifs is 1. The lowest BCUT2D eigenvalue weighted by Gasteiger charge is -2.11. The number of furan rings is 1. The molecule has 0 spiro atoms. The molecule has 1 atom stereocenters. The highest BCUT2D eigenvalue weighted by Gasteiger charge is 2.17. The van der Waals surface area contributed by atoms with Crippen molar-refractivity contribution < 1.29 is 4.42 Å². The molecule has 1 aromatic rings. The molecule has 0 fully saturated rings. The fraction of sp³-hybridized carbons (Fsp3) is 0.500. The van der Waals surface area contributed by atoms with Gasteiger partial charge in [0.15, 0.2) is 0 Å². The molecule has 0 saturated heterocycles. The molecule has 0 N–H and O–H groups in total. The molecule has 0 aromatic carbocycles. The number of hydrogen-bond donors (Lipinski definition) is 0. The molecule has 0 bridgehead atoms. The predicted molar refractivity (Wildman–Crippen MR) is 56.9 cm³/mol. The van der Waals surface area contributed by atoms with Gasteiger partial charge < -0.3 is 4.42 Å². The summed E-state index contributed by atoms with van der Waals surface area (Å²) >= 11 is 0. The summed E-state index contributed by atoms with van der Waals surface area (Å²) in [6, 6.07) is 0. The van der Waals surface area contributed by atoms with E-state index in [0.29, 0.717) is 5.92 Å². The van der Waals surface area contributed by atoms with Crippen LogP contribution in [0.1, 0.15) is 50.0 Å². The van der Waals surface area contributed by atoms with Crippen LogP contribution in [0.25, 0.3) is 6.08 Å². The van der Waals surface area contributed by atoms with Crippen LogP contribution in [0.2, 0.25) is 0 Å². The molecule has 1 heteroatoms. The quantitative estimate of drug-likeness (QED) is 0.582. The average molecular weight is 178 g/mol. The number of allylic oxidation sites excluding steroid dienone is 1. The number of rotatable bonds is 0. The monoisotopic (exact) mass is 178 g/mol. The Hall–Kier alpha value is -0.980. The van der Waals surface area contributed by atoms with Crippen molar-refractivity contribution in [3.05, 3.63) is 29.2 Å². The van der Waals surface area contributed by atoms with Gasteiger partial charge in [-0.1, -0.05) is 32.9 Å². The van der Waals surface area contributed by atoms with Gasteiger partial charge in [-0.25, -0.2) is 0 Å². The Kier molecular flexibility index (Phi) is 3.35. The molecule has 72 valence electrons. The van der Waals surface area contributed by atoms with Crippen LogP contribution in [0.4, 0.5) is 0 Å². The van der Waals surface area contributed by atoms with E-state index < -0.39 is 0 Å². The summed E-state index contributed by atoms with van der Waals surface area (Å²) < 4.78 is 5.45. The molecule has 0 amide bonds. The first-order valence-corrected chi connectivity index (χ1v) is 5.03. The second-order valence-corrected chi connectivity index (χ2v) is 3.24. The van der Waals surface area contributed by atoms with Gasteiger partial charge in [-0.3, -0.25) is 0 Å². The van der Waals surface area contributed by atoms with Crippen LogP contribution in [-0.4, -0.2) is 0 Å². The largest absolute Gasteiger partial charge is 0.468 e. The van der Waals surface area contributed by atoms with E-state index >= 15 is 0 Å². The van der Waals surface area contributed by atoms with E-state index in [4.69, 9.17) is 4.42 Å². The van der Waals surface area contributed by atoms with Gasteiger partial charge >= 0.3 is 0 Å². The molecule has 0 aliphatic heterocycles. The van der Waals surface area contributed by atoms with Crippen LogP contribution >= 0.6 is 0 Å². The molecule has 1 unspecified atom stereocenters. The van der Waals surface area contributed by atoms with Crippen LogP contribution in [0, 0.1) is 6.92 Å². The van der Waals surface area contributed by atoms with Crippen LogP contribution in [-0.2, 0) is 0 Å². The summed E-state index contributed by atoms with van der Waals surface area (Å²) in [6.45, 7) is 8.29. The minimum atomic E-state index is 0.559. The van der Waals surface area contributed by atoms with Gasteiger partial charge in [-0.05, 0) is 18.9 Å². The number of aryl methyl sites for hydroxylation is 1. The maximum absolute atomic E-state index is 5.45. The lowest BCUT2D eigenvalue weighted by atomic mass is 9.94. The molecule has 1 aliphatic carbocycles. The Morgan fingerprint density at radius 1 is 1.38 bits per heavy atom. The first kappa shape index (κ1) is 10.1. The maximum atomic E-state index is 5.45. The predicted octanol–water partition coefficient (Wildman–Crippen LogP) is 4.13. The smallest absolute Gasteiger partial charge is 0.114 e. The Balaban J connectivity index is 0.000000396. The van der Waals surface area contributed by atoms with Crippen LogP contribution in [0.15, 0.2) is 16.8 Å². The fourth-order valence-corrected chi connectivity index (χ4v) is 1.57. The van der Waals surface area contributed by atoms with E-state index in [0.717, 1.165) is 12.2 Å². The third-order valence-electron chi connectivity index (χ3n) is 2.27. The van der Waals surface area contributed by atoms with E-state index in [-0.39, 0.29) is 0 Å². The topological polar surface area (TPSA) is 13.1 Å². The molecule has 0 saturated carbocycles. The zero-order valence-corrected chi connectivity index (χ0v) is 8.92. The van der Waals surface area contributed by atoms with Gasteiger partial charge in [0, 0.05) is 11.5 Å². The molecule has 1 aromatic heterocycles. The van der Waals surface area contributed by atoms with Gasteiger partial charge in [-0.2, -0.15) is 0 Å². The van der Waals surface area contributed by atoms with Crippen LogP contribution < -0.4 is 0 Å². The van der Waals surface area contributed by atoms with Gasteiger partial charge in [0.25, 0.3) is 0 Å². The summed E-state index contributed by atoms with van der Waals surface area (Å²) in [7, 11) is 0. The van der Waals surface area contributed by atoms with Crippen molar-refractivity contribution in [1.29, 1.82) is 0 Å². The molecule has 1 aliphatic rings. The Morgan fingerprint density at radius 2 is 2.08 bits per heavy atom. The Bertz CT molecular complexity index is 294. The number of hydrogen-bond acceptors (Lipinski definition) is 1. The molecule has 1 nitrogen and oxygen atoms in total. The summed E-state index contributed by atoms with van der Waals surface area (Å²) in [6.07, 6.45) is 7.33. The molecule has 0 radical (unpaired) electrons. The average Bonchev–Trinajstić information content (AvgIpc) is 2.53. The van der Waals surface area contributed by atoms with Crippen molar-refractivity contribution in [3.63, 3.8) is 0 Å². The fourth-order valence-electron chi connectivity index (χ4n) is 1.57. The normalized spacial score (nSPS) is 18.9. The maximum Gasteiger partial charge on any atom is 0.114 e. The van der Waals surface area contributed by atoms with Crippen molar-refractivity contribution in [2.24, 2.45) is 0 Å². The highest BCUT2D eigenvalue weighted by Crippen LogP contribution is 2.32. The lowest BCUT2D eigenvalue weighted by molar-refractivity contribution is 0.472. The van der Waals surface area contributed by atoms with Gasteiger partial charge in [0.2, 0.25) is 0 Å². The zero-order valence-electron chi connectivity index (χ0n) is 8.92. The summed E-state index contributed by atoms with van der Waals surface area (Å²) in [5.41, 5.74) is 2.55. The Labute approximate surface area is 80.5 Å². The van der Waals surface area contributed by atoms with E-state index in [1.807, 2.05) is 20.1 Å². The van der Waals surface area contributed by atoms with Gasteiger partial charge in [0.1, 0.15) is 5.76 Å². The van der Waals surface area contributed by atoms with Crippen molar-refractivity contribution in [1.82, 2.24) is 0 Å². The molecular weight excluding hydrogens is 160 g/mol. The summed E-state index contributed by atoms with van der Waals surface area (Å²) in [4.78, 5) is 0. The second kappa shape index (κ2) is 4.31. The van der Waals surface area contributed by atoms with Gasteiger partial charge in [0.05, 0.1) is 6.26 Å². The van der Waals surface area contributed by atoms with Gasteiger partial charge in [-0.15, -0.1) is 0 Å². The van der Waals surface area contributed by atoms with E-state index in [1.165, 1.54) is 11.1 Å². The van der Waals surface area contributed by atoms with Crippen LogP contribution in [0.3, 0.4) is 0 Å². The summed E-state index contributed by atoms with van der Waals surface area (Å²) in [5.74, 6) is 1.72. The van der Waals surface area contributed by atoms with Crippen molar-refractivity contribution in [2.45, 2.75) is 40.0 Å². The minimum Gasteiger partial charge on any atom is -0.468 e.